The van der Waals surface area contributed by atoms with Crippen molar-refractivity contribution in [3.05, 3.63) is 0 Å². The number of hydrogen-bond acceptors (Lipinski definition) is 3. The number of aliphatic hydroxyl groups excluding tert-OH is 1. The van der Waals surface area contributed by atoms with Crippen molar-refractivity contribution in [2.24, 2.45) is 5.92 Å². The van der Waals surface area contributed by atoms with E-state index in [2.05, 4.69) is 10.6 Å². The molecule has 1 rings (SSSR count). The van der Waals surface area contributed by atoms with E-state index in [4.69, 9.17) is 0 Å². The van der Waals surface area contributed by atoms with Crippen LogP contribution in [0.2, 0.25) is 0 Å². The van der Waals surface area contributed by atoms with Gasteiger partial charge in [-0.1, -0.05) is 12.8 Å². The Morgan fingerprint density at radius 3 is 2.81 bits per heavy atom. The quantitative estimate of drug-likeness (QED) is 0.625. The SMILES string of the molecule is CCNC(=O)CCN[C@@H]1CCCC[C@H]1CO. The van der Waals surface area contributed by atoms with E-state index in [1.807, 2.05) is 6.92 Å². The van der Waals surface area contributed by atoms with E-state index in [9.17, 15) is 9.90 Å². The third kappa shape index (κ3) is 4.49. The summed E-state index contributed by atoms with van der Waals surface area (Å²) in [5.74, 6) is 0.481. The van der Waals surface area contributed by atoms with Crippen molar-refractivity contribution in [2.45, 2.75) is 45.1 Å². The third-order valence-corrected chi connectivity index (χ3v) is 3.28. The van der Waals surface area contributed by atoms with Crippen LogP contribution in [0.5, 0.6) is 0 Å². The van der Waals surface area contributed by atoms with E-state index in [0.29, 0.717) is 31.5 Å². The summed E-state index contributed by atoms with van der Waals surface area (Å²) in [6, 6.07) is 0.396. The molecule has 0 heterocycles. The van der Waals surface area contributed by atoms with Crippen LogP contribution >= 0.6 is 0 Å². The Balaban J connectivity index is 2.17. The number of nitrogens with one attached hydrogen (secondary N) is 2. The fourth-order valence-corrected chi connectivity index (χ4v) is 2.35. The number of aliphatic hydroxyl groups is 1. The van der Waals surface area contributed by atoms with Gasteiger partial charge in [0.25, 0.3) is 0 Å². The normalized spacial score (nSPS) is 25.4. The second-order valence-corrected chi connectivity index (χ2v) is 4.49. The van der Waals surface area contributed by atoms with Crippen molar-refractivity contribution in [1.82, 2.24) is 10.6 Å². The van der Waals surface area contributed by atoms with Gasteiger partial charge in [0.15, 0.2) is 0 Å². The zero-order valence-corrected chi connectivity index (χ0v) is 10.2. The van der Waals surface area contributed by atoms with Crippen LogP contribution in [0.25, 0.3) is 0 Å². The first-order chi connectivity index (χ1) is 7.77. The summed E-state index contributed by atoms with van der Waals surface area (Å²) in [5.41, 5.74) is 0. The summed E-state index contributed by atoms with van der Waals surface area (Å²) >= 11 is 0. The van der Waals surface area contributed by atoms with E-state index >= 15 is 0 Å². The van der Waals surface area contributed by atoms with Crippen LogP contribution < -0.4 is 10.6 Å². The van der Waals surface area contributed by atoms with Crippen molar-refractivity contribution in [1.29, 1.82) is 0 Å². The molecule has 3 N–H and O–H groups in total. The largest absolute Gasteiger partial charge is 0.396 e. The molecule has 2 atom stereocenters. The first-order valence-electron chi connectivity index (χ1n) is 6.38. The zero-order valence-electron chi connectivity index (χ0n) is 10.2. The lowest BCUT2D eigenvalue weighted by Gasteiger charge is -2.31. The fourth-order valence-electron chi connectivity index (χ4n) is 2.35. The van der Waals surface area contributed by atoms with Gasteiger partial charge in [-0.3, -0.25) is 4.79 Å². The van der Waals surface area contributed by atoms with Gasteiger partial charge in [-0.25, -0.2) is 0 Å². The van der Waals surface area contributed by atoms with Crippen molar-refractivity contribution in [3.63, 3.8) is 0 Å². The molecule has 0 aromatic heterocycles. The second kappa shape index (κ2) is 7.63. The highest BCUT2D eigenvalue weighted by Gasteiger charge is 2.23. The van der Waals surface area contributed by atoms with E-state index in [1.165, 1.54) is 12.8 Å². The fraction of sp³-hybridized carbons (Fsp3) is 0.917. The molecule has 0 bridgehead atoms. The zero-order chi connectivity index (χ0) is 11.8. The molecule has 4 heteroatoms. The summed E-state index contributed by atoms with van der Waals surface area (Å²) in [7, 11) is 0. The monoisotopic (exact) mass is 228 g/mol. The maximum Gasteiger partial charge on any atom is 0.221 e. The van der Waals surface area contributed by atoms with E-state index in [-0.39, 0.29) is 12.5 Å². The molecule has 0 aliphatic heterocycles. The van der Waals surface area contributed by atoms with Crippen LogP contribution in [0.3, 0.4) is 0 Å². The third-order valence-electron chi connectivity index (χ3n) is 3.28. The van der Waals surface area contributed by atoms with Crippen LogP contribution in [0.15, 0.2) is 0 Å². The Morgan fingerprint density at radius 2 is 2.12 bits per heavy atom. The highest BCUT2D eigenvalue weighted by molar-refractivity contribution is 5.75. The Morgan fingerprint density at radius 1 is 1.38 bits per heavy atom. The molecule has 1 amide bonds. The maximum atomic E-state index is 11.2. The molecule has 0 aromatic carbocycles. The topological polar surface area (TPSA) is 61.4 Å². The van der Waals surface area contributed by atoms with Crippen LogP contribution in [-0.2, 0) is 4.79 Å². The smallest absolute Gasteiger partial charge is 0.221 e. The summed E-state index contributed by atoms with van der Waals surface area (Å²) < 4.78 is 0. The average Bonchev–Trinajstić information content (AvgIpc) is 2.30. The van der Waals surface area contributed by atoms with E-state index in [0.717, 1.165) is 12.8 Å². The van der Waals surface area contributed by atoms with Gasteiger partial charge < -0.3 is 15.7 Å². The van der Waals surface area contributed by atoms with Crippen molar-refractivity contribution in [3.8, 4) is 0 Å². The molecule has 0 spiro atoms. The highest BCUT2D eigenvalue weighted by Crippen LogP contribution is 2.23. The maximum absolute atomic E-state index is 11.2. The van der Waals surface area contributed by atoms with Gasteiger partial charge in [0.1, 0.15) is 0 Å². The minimum atomic E-state index is 0.103. The molecular weight excluding hydrogens is 204 g/mol. The first-order valence-corrected chi connectivity index (χ1v) is 6.38. The lowest BCUT2D eigenvalue weighted by Crippen LogP contribution is -2.41. The van der Waals surface area contributed by atoms with Crippen molar-refractivity contribution >= 4 is 5.91 Å². The van der Waals surface area contributed by atoms with Crippen LogP contribution in [0, 0.1) is 5.92 Å². The minimum Gasteiger partial charge on any atom is -0.396 e. The molecule has 1 aliphatic rings. The van der Waals surface area contributed by atoms with E-state index < -0.39 is 0 Å². The first kappa shape index (κ1) is 13.5. The minimum absolute atomic E-state index is 0.103. The van der Waals surface area contributed by atoms with E-state index in [1.54, 1.807) is 0 Å². The van der Waals surface area contributed by atoms with Crippen LogP contribution in [0.1, 0.15) is 39.0 Å². The van der Waals surface area contributed by atoms with Gasteiger partial charge in [-0.2, -0.15) is 0 Å². The Kier molecular flexibility index (Phi) is 6.42. The second-order valence-electron chi connectivity index (χ2n) is 4.49. The number of rotatable bonds is 6. The molecule has 4 nitrogen and oxygen atoms in total. The predicted octanol–water partition coefficient (Wildman–Crippen LogP) is 0.653. The molecule has 16 heavy (non-hydrogen) atoms. The van der Waals surface area contributed by atoms with Crippen molar-refractivity contribution < 1.29 is 9.90 Å². The number of carbonyl (C=O) groups is 1. The molecule has 0 radical (unpaired) electrons. The summed E-state index contributed by atoms with van der Waals surface area (Å²) in [4.78, 5) is 11.2. The van der Waals surface area contributed by atoms with Gasteiger partial charge in [-0.15, -0.1) is 0 Å². The number of carbonyl (C=O) groups excluding carboxylic acids is 1. The Labute approximate surface area is 97.8 Å². The van der Waals surface area contributed by atoms with Gasteiger partial charge in [-0.05, 0) is 25.7 Å². The predicted molar refractivity (Wildman–Crippen MR) is 64.1 cm³/mol. The lowest BCUT2D eigenvalue weighted by atomic mass is 9.85. The molecule has 1 aliphatic carbocycles. The van der Waals surface area contributed by atoms with Crippen LogP contribution in [0.4, 0.5) is 0 Å². The molecular formula is C12H24N2O2. The van der Waals surface area contributed by atoms with Crippen molar-refractivity contribution in [2.75, 3.05) is 19.7 Å². The molecule has 0 unspecified atom stereocenters. The number of hydrogen-bond donors (Lipinski definition) is 3. The molecule has 94 valence electrons. The number of amides is 1. The molecule has 0 aromatic rings. The van der Waals surface area contributed by atoms with Gasteiger partial charge in [0.05, 0.1) is 0 Å². The van der Waals surface area contributed by atoms with Gasteiger partial charge in [0.2, 0.25) is 5.91 Å². The highest BCUT2D eigenvalue weighted by atomic mass is 16.3. The lowest BCUT2D eigenvalue weighted by molar-refractivity contribution is -0.120. The summed E-state index contributed by atoms with van der Waals surface area (Å²) in [5, 5.41) is 15.4. The standard InChI is InChI=1S/C12H24N2O2/c1-2-13-12(16)7-8-14-11-6-4-3-5-10(11)9-15/h10-11,14-15H,2-9H2,1H3,(H,13,16)/t10-,11+/m0/s1. The van der Waals surface area contributed by atoms with Gasteiger partial charge >= 0.3 is 0 Å². The Bertz CT molecular complexity index is 209. The summed E-state index contributed by atoms with van der Waals surface area (Å²) in [6.45, 7) is 3.60. The molecule has 0 saturated heterocycles. The summed E-state index contributed by atoms with van der Waals surface area (Å²) in [6.07, 6.45) is 5.22. The molecule has 1 fully saturated rings. The van der Waals surface area contributed by atoms with Gasteiger partial charge in [0, 0.05) is 32.2 Å². The molecule has 1 saturated carbocycles. The average molecular weight is 228 g/mol. The Hall–Kier alpha value is -0.610. The van der Waals surface area contributed by atoms with Crippen LogP contribution in [-0.4, -0.2) is 36.8 Å².